The summed E-state index contributed by atoms with van der Waals surface area (Å²) in [5.74, 6) is -0.878. The van der Waals surface area contributed by atoms with Gasteiger partial charge in [0.2, 0.25) is 0 Å². The maximum Gasteiger partial charge on any atom is 0.472 e. The number of hydrogen-bond acceptors (Lipinski definition) is 8. The van der Waals surface area contributed by atoms with E-state index in [1.165, 1.54) is 128 Å². The van der Waals surface area contributed by atoms with Gasteiger partial charge in [0.25, 0.3) is 0 Å². The van der Waals surface area contributed by atoms with Crippen molar-refractivity contribution in [1.29, 1.82) is 0 Å². The molecule has 0 aromatic carbocycles. The number of carbonyl (C=O) groups excluding carboxylic acids is 2. The van der Waals surface area contributed by atoms with Crippen LogP contribution in [0.1, 0.15) is 194 Å². The molecule has 0 saturated carbocycles. The van der Waals surface area contributed by atoms with Crippen LogP contribution >= 0.6 is 7.82 Å². The van der Waals surface area contributed by atoms with Crippen molar-refractivity contribution in [2.75, 3.05) is 26.4 Å². The maximum absolute atomic E-state index is 12.5. The first-order chi connectivity index (χ1) is 23.8. The number of hydrogen-bond donors (Lipinski definition) is 2. The largest absolute Gasteiger partial charge is 0.472 e. The fraction of sp³-hybridized carbons (Fsp3) is 0.897. The molecule has 0 rings (SSSR count). The zero-order chi connectivity index (χ0) is 36.1. The Balaban J connectivity index is 4.21. The van der Waals surface area contributed by atoms with Crippen LogP contribution in [0.3, 0.4) is 0 Å². The van der Waals surface area contributed by atoms with Gasteiger partial charge in [-0.3, -0.25) is 18.6 Å². The van der Waals surface area contributed by atoms with Crippen LogP contribution in [0.25, 0.3) is 0 Å². The van der Waals surface area contributed by atoms with Gasteiger partial charge < -0.3 is 20.1 Å². The van der Waals surface area contributed by atoms with Gasteiger partial charge in [0.15, 0.2) is 6.10 Å². The molecule has 0 saturated heterocycles. The Bertz CT molecular complexity index is 825. The summed E-state index contributed by atoms with van der Waals surface area (Å²) >= 11 is 0. The number of unbranched alkanes of at least 4 members (excludes halogenated alkanes) is 23. The Morgan fingerprint density at radius 1 is 0.592 bits per heavy atom. The van der Waals surface area contributed by atoms with Crippen LogP contribution in [0, 0.1) is 0 Å². The first kappa shape index (κ1) is 47.8. The predicted molar refractivity (Wildman–Crippen MR) is 201 cm³/mol. The molecule has 0 radical (unpaired) electrons. The van der Waals surface area contributed by atoms with Crippen LogP contribution in [0.15, 0.2) is 12.2 Å². The molecule has 0 aliphatic carbocycles. The van der Waals surface area contributed by atoms with Crippen molar-refractivity contribution in [3.05, 3.63) is 12.2 Å². The molecule has 2 atom stereocenters. The third-order valence-corrected chi connectivity index (χ3v) is 9.65. The minimum atomic E-state index is -4.37. The lowest BCUT2D eigenvalue weighted by molar-refractivity contribution is -0.161. The molecule has 10 heteroatoms. The van der Waals surface area contributed by atoms with Crippen LogP contribution in [-0.4, -0.2) is 49.3 Å². The Morgan fingerprint density at radius 3 is 1.53 bits per heavy atom. The minimum absolute atomic E-state index is 0.0515. The molecule has 0 aromatic rings. The standard InChI is InChI=1S/C39H76NO8P/c1-3-5-7-9-11-13-15-17-18-20-22-24-26-28-30-32-39(42)48-37(36-47-49(43,44)46-34-33-40)35-45-38(41)31-29-27-25-23-21-19-16-14-12-10-8-6-4-2/h26,28,37H,3-25,27,29-36,40H2,1-2H3,(H,43,44)/b28-26-. The highest BCUT2D eigenvalue weighted by molar-refractivity contribution is 7.47. The van der Waals surface area contributed by atoms with Crippen molar-refractivity contribution in [1.82, 2.24) is 0 Å². The second-order valence-electron chi connectivity index (χ2n) is 13.5. The topological polar surface area (TPSA) is 134 Å². The quantitative estimate of drug-likeness (QED) is 0.0277. The average Bonchev–Trinajstić information content (AvgIpc) is 3.08. The first-order valence-corrected chi connectivity index (χ1v) is 21.7. The first-order valence-electron chi connectivity index (χ1n) is 20.2. The van der Waals surface area contributed by atoms with Crippen LogP contribution in [0.4, 0.5) is 0 Å². The van der Waals surface area contributed by atoms with E-state index in [2.05, 4.69) is 19.9 Å². The molecule has 0 aliphatic rings. The molecule has 0 aliphatic heterocycles. The number of phosphoric ester groups is 1. The van der Waals surface area contributed by atoms with Gasteiger partial charge in [-0.15, -0.1) is 0 Å². The number of allylic oxidation sites excluding steroid dienone is 2. The van der Waals surface area contributed by atoms with E-state index in [0.29, 0.717) is 6.42 Å². The van der Waals surface area contributed by atoms with Crippen LogP contribution < -0.4 is 5.73 Å². The van der Waals surface area contributed by atoms with Crippen molar-refractivity contribution in [2.24, 2.45) is 5.73 Å². The SMILES string of the molecule is CCCCCCCCCCCCC/C=C\CCC(=O)OC(COC(=O)CCCCCCCCCCCCCCC)COP(=O)(O)OCCN. The van der Waals surface area contributed by atoms with Gasteiger partial charge in [0.1, 0.15) is 6.61 Å². The van der Waals surface area contributed by atoms with Gasteiger partial charge in [0, 0.05) is 19.4 Å². The summed E-state index contributed by atoms with van der Waals surface area (Å²) in [6, 6.07) is 0. The van der Waals surface area contributed by atoms with Gasteiger partial charge in [-0.25, -0.2) is 4.57 Å². The van der Waals surface area contributed by atoms with Gasteiger partial charge in [-0.2, -0.15) is 0 Å². The summed E-state index contributed by atoms with van der Waals surface area (Å²) < 4.78 is 32.6. The molecule has 3 N–H and O–H groups in total. The molecular weight excluding hydrogens is 641 g/mol. The van der Waals surface area contributed by atoms with Crippen molar-refractivity contribution < 1.29 is 37.6 Å². The Kier molecular flexibility index (Phi) is 35.6. The molecular formula is C39H76NO8P. The highest BCUT2D eigenvalue weighted by Crippen LogP contribution is 2.43. The maximum atomic E-state index is 12.5. The van der Waals surface area contributed by atoms with Crippen molar-refractivity contribution >= 4 is 19.8 Å². The second-order valence-corrected chi connectivity index (χ2v) is 15.0. The van der Waals surface area contributed by atoms with Gasteiger partial charge in [-0.05, 0) is 25.7 Å². The number of rotatable bonds is 38. The number of phosphoric acid groups is 1. The molecule has 49 heavy (non-hydrogen) atoms. The number of ether oxygens (including phenoxy) is 2. The van der Waals surface area contributed by atoms with E-state index in [1.807, 2.05) is 6.08 Å². The zero-order valence-corrected chi connectivity index (χ0v) is 32.6. The molecule has 290 valence electrons. The smallest absolute Gasteiger partial charge is 0.462 e. The molecule has 0 aromatic heterocycles. The molecule has 0 amide bonds. The summed E-state index contributed by atoms with van der Waals surface area (Å²) in [6.07, 6.45) is 35.4. The summed E-state index contributed by atoms with van der Waals surface area (Å²) in [5, 5.41) is 0. The fourth-order valence-corrected chi connectivity index (χ4v) is 6.42. The Hall–Kier alpha value is -1.25. The van der Waals surface area contributed by atoms with Gasteiger partial charge in [0.05, 0.1) is 13.2 Å². The lowest BCUT2D eigenvalue weighted by atomic mass is 10.0. The van der Waals surface area contributed by atoms with Crippen molar-refractivity contribution in [3.63, 3.8) is 0 Å². The third kappa shape index (κ3) is 36.3. The molecule has 0 fully saturated rings. The Morgan fingerprint density at radius 2 is 1.04 bits per heavy atom. The van der Waals surface area contributed by atoms with E-state index in [-0.39, 0.29) is 38.6 Å². The molecule has 2 unspecified atom stereocenters. The molecule has 0 spiro atoms. The lowest BCUT2D eigenvalue weighted by Crippen LogP contribution is -2.29. The molecule has 9 nitrogen and oxygen atoms in total. The molecule has 0 bridgehead atoms. The molecule has 0 heterocycles. The normalized spacial score (nSPS) is 13.5. The summed E-state index contributed by atoms with van der Waals surface area (Å²) in [7, 11) is -4.37. The second kappa shape index (κ2) is 36.5. The van der Waals surface area contributed by atoms with E-state index in [1.54, 1.807) is 0 Å². The van der Waals surface area contributed by atoms with Crippen LogP contribution in [0.5, 0.6) is 0 Å². The van der Waals surface area contributed by atoms with E-state index < -0.39 is 26.5 Å². The Labute approximate surface area is 300 Å². The van der Waals surface area contributed by atoms with Crippen molar-refractivity contribution in [2.45, 2.75) is 200 Å². The van der Waals surface area contributed by atoms with E-state index in [9.17, 15) is 19.0 Å². The van der Waals surface area contributed by atoms with Gasteiger partial charge >= 0.3 is 19.8 Å². The number of carbonyl (C=O) groups is 2. The minimum Gasteiger partial charge on any atom is -0.462 e. The average molecular weight is 718 g/mol. The summed E-state index contributed by atoms with van der Waals surface area (Å²) in [5.41, 5.74) is 5.33. The monoisotopic (exact) mass is 718 g/mol. The predicted octanol–water partition coefficient (Wildman–Crippen LogP) is 11.1. The summed E-state index contributed by atoms with van der Waals surface area (Å²) in [6.45, 7) is 3.70. The zero-order valence-electron chi connectivity index (χ0n) is 31.7. The number of esters is 2. The van der Waals surface area contributed by atoms with Crippen LogP contribution in [-0.2, 0) is 32.7 Å². The summed E-state index contributed by atoms with van der Waals surface area (Å²) in [4.78, 5) is 34.7. The van der Waals surface area contributed by atoms with E-state index in [4.69, 9.17) is 24.3 Å². The number of nitrogens with two attached hydrogens (primary N) is 1. The van der Waals surface area contributed by atoms with Crippen molar-refractivity contribution in [3.8, 4) is 0 Å². The third-order valence-electron chi connectivity index (χ3n) is 8.66. The lowest BCUT2D eigenvalue weighted by Gasteiger charge is -2.19. The van der Waals surface area contributed by atoms with E-state index >= 15 is 0 Å². The highest BCUT2D eigenvalue weighted by Gasteiger charge is 2.25. The van der Waals surface area contributed by atoms with E-state index in [0.717, 1.165) is 32.1 Å². The fourth-order valence-electron chi connectivity index (χ4n) is 5.65. The van der Waals surface area contributed by atoms with Crippen LogP contribution in [0.2, 0.25) is 0 Å². The highest BCUT2D eigenvalue weighted by atomic mass is 31.2. The van der Waals surface area contributed by atoms with Gasteiger partial charge in [-0.1, -0.05) is 167 Å².